The van der Waals surface area contributed by atoms with E-state index in [9.17, 15) is 13.2 Å². The van der Waals surface area contributed by atoms with Crippen LogP contribution in [0.2, 0.25) is 0 Å². The largest absolute Gasteiger partial charge is 0.573 e. The van der Waals surface area contributed by atoms with Gasteiger partial charge in [-0.3, -0.25) is 4.68 Å². The third-order valence-electron chi connectivity index (χ3n) is 4.45. The second-order valence-electron chi connectivity index (χ2n) is 6.06. The Kier molecular flexibility index (Phi) is 3.62. The Hall–Kier alpha value is -2.33. The van der Waals surface area contributed by atoms with Crippen LogP contribution >= 0.6 is 0 Å². The number of halogens is 3. The molecular formula is C15H16F3N5O2. The molecule has 0 radical (unpaired) electrons. The fraction of sp³-hybridized carbons (Fsp3) is 0.467. The third-order valence-corrected chi connectivity index (χ3v) is 4.45. The third kappa shape index (κ3) is 2.91. The predicted octanol–water partition coefficient (Wildman–Crippen LogP) is 1.64. The van der Waals surface area contributed by atoms with Crippen LogP contribution in [0.4, 0.5) is 19.0 Å². The topological polar surface area (TPSA) is 87.2 Å². The molecule has 0 aliphatic carbocycles. The molecule has 1 saturated heterocycles. The summed E-state index contributed by atoms with van der Waals surface area (Å²) in [5.74, 6) is -0.866. The highest BCUT2D eigenvalue weighted by Gasteiger charge is 2.42. The molecule has 0 bridgehead atoms. The number of pyridine rings is 1. The van der Waals surface area contributed by atoms with E-state index >= 15 is 0 Å². The standard InChI is InChI=1S/C15H16F3N5O2/c16-15(17,18)25-11-5-9(7-21-13(11)19)10-6-12-14(1-2-20-8-14)24-4-3-23(12)22-10/h5-7,20H,1-4,8H2,(H2,19,21). The first kappa shape index (κ1) is 16.2. The van der Waals surface area contributed by atoms with Crippen molar-refractivity contribution in [3.05, 3.63) is 24.0 Å². The summed E-state index contributed by atoms with van der Waals surface area (Å²) in [4.78, 5) is 3.79. The number of hydrogen-bond donors (Lipinski definition) is 2. The van der Waals surface area contributed by atoms with Crippen LogP contribution in [-0.2, 0) is 16.9 Å². The first-order valence-electron chi connectivity index (χ1n) is 7.81. The zero-order valence-electron chi connectivity index (χ0n) is 13.1. The Bertz CT molecular complexity index is 799. The molecule has 10 heteroatoms. The molecule has 0 saturated carbocycles. The zero-order valence-corrected chi connectivity index (χ0v) is 13.1. The fourth-order valence-corrected chi connectivity index (χ4v) is 3.31. The van der Waals surface area contributed by atoms with Crippen molar-refractivity contribution in [3.63, 3.8) is 0 Å². The molecule has 25 heavy (non-hydrogen) atoms. The molecule has 4 heterocycles. The van der Waals surface area contributed by atoms with Gasteiger partial charge in [0, 0.05) is 18.3 Å². The van der Waals surface area contributed by atoms with Crippen LogP contribution < -0.4 is 15.8 Å². The minimum atomic E-state index is -4.84. The Labute approximate surface area is 140 Å². The molecule has 7 nitrogen and oxygen atoms in total. The summed E-state index contributed by atoms with van der Waals surface area (Å²) in [5.41, 5.74) is 6.86. The highest BCUT2D eigenvalue weighted by Crippen LogP contribution is 2.38. The number of nitrogens with two attached hydrogens (primary N) is 1. The molecule has 134 valence electrons. The molecular weight excluding hydrogens is 339 g/mol. The summed E-state index contributed by atoms with van der Waals surface area (Å²) in [6.07, 6.45) is -2.64. The van der Waals surface area contributed by atoms with Gasteiger partial charge in [0.05, 0.1) is 24.5 Å². The van der Waals surface area contributed by atoms with Crippen molar-refractivity contribution in [3.8, 4) is 17.0 Å². The summed E-state index contributed by atoms with van der Waals surface area (Å²) in [6, 6.07) is 3.03. The van der Waals surface area contributed by atoms with Gasteiger partial charge in [-0.25, -0.2) is 4.98 Å². The van der Waals surface area contributed by atoms with E-state index in [1.165, 1.54) is 12.3 Å². The van der Waals surface area contributed by atoms with Crippen LogP contribution in [0.15, 0.2) is 18.3 Å². The predicted molar refractivity (Wildman–Crippen MR) is 81.7 cm³/mol. The number of ether oxygens (including phenoxy) is 2. The van der Waals surface area contributed by atoms with E-state index < -0.39 is 17.7 Å². The quantitative estimate of drug-likeness (QED) is 0.852. The van der Waals surface area contributed by atoms with Gasteiger partial charge < -0.3 is 20.5 Å². The SMILES string of the molecule is Nc1ncc(-c2cc3n(n2)CCOC32CCNC2)cc1OC(F)(F)F. The fourth-order valence-electron chi connectivity index (χ4n) is 3.31. The van der Waals surface area contributed by atoms with Gasteiger partial charge in [-0.1, -0.05) is 0 Å². The van der Waals surface area contributed by atoms with Gasteiger partial charge in [-0.15, -0.1) is 13.2 Å². The summed E-state index contributed by atoms with van der Waals surface area (Å²) >= 11 is 0. The normalized spacial score (nSPS) is 23.0. The van der Waals surface area contributed by atoms with Crippen LogP contribution in [0.5, 0.6) is 5.75 Å². The summed E-state index contributed by atoms with van der Waals surface area (Å²) in [6.45, 7) is 2.65. The van der Waals surface area contributed by atoms with Gasteiger partial charge in [0.2, 0.25) is 0 Å². The van der Waals surface area contributed by atoms with E-state index in [2.05, 4.69) is 20.1 Å². The van der Waals surface area contributed by atoms with E-state index in [1.54, 1.807) is 0 Å². The number of nitrogen functional groups attached to an aromatic ring is 1. The van der Waals surface area contributed by atoms with Gasteiger partial charge >= 0.3 is 6.36 Å². The molecule has 1 spiro atoms. The molecule has 0 amide bonds. The lowest BCUT2D eigenvalue weighted by Gasteiger charge is -2.33. The maximum absolute atomic E-state index is 12.5. The Morgan fingerprint density at radius 1 is 1.36 bits per heavy atom. The summed E-state index contributed by atoms with van der Waals surface area (Å²) in [7, 11) is 0. The lowest BCUT2D eigenvalue weighted by molar-refractivity contribution is -0.274. The minimum absolute atomic E-state index is 0.329. The molecule has 2 aliphatic rings. The second-order valence-corrected chi connectivity index (χ2v) is 6.06. The average Bonchev–Trinajstić information content (AvgIpc) is 3.17. The second kappa shape index (κ2) is 5.60. The number of nitrogens with one attached hydrogen (secondary N) is 1. The van der Waals surface area contributed by atoms with Crippen molar-refractivity contribution >= 4 is 5.82 Å². The Balaban J connectivity index is 1.72. The van der Waals surface area contributed by atoms with Crippen molar-refractivity contribution in [2.45, 2.75) is 24.9 Å². The molecule has 0 aromatic carbocycles. The van der Waals surface area contributed by atoms with Crippen molar-refractivity contribution < 1.29 is 22.6 Å². The van der Waals surface area contributed by atoms with Gasteiger partial charge in [0.1, 0.15) is 5.60 Å². The van der Waals surface area contributed by atoms with Crippen LogP contribution in [0, 0.1) is 0 Å². The smallest absolute Gasteiger partial charge is 0.402 e. The van der Waals surface area contributed by atoms with Gasteiger partial charge in [0.25, 0.3) is 0 Å². The average molecular weight is 355 g/mol. The van der Waals surface area contributed by atoms with Gasteiger partial charge in [0.15, 0.2) is 11.6 Å². The highest BCUT2D eigenvalue weighted by atomic mass is 19.4. The molecule has 1 fully saturated rings. The van der Waals surface area contributed by atoms with Crippen molar-refractivity contribution in [2.75, 3.05) is 25.4 Å². The van der Waals surface area contributed by atoms with E-state index in [0.29, 0.717) is 31.0 Å². The van der Waals surface area contributed by atoms with Crippen molar-refractivity contribution in [1.29, 1.82) is 0 Å². The van der Waals surface area contributed by atoms with Gasteiger partial charge in [-0.05, 0) is 25.1 Å². The first-order valence-corrected chi connectivity index (χ1v) is 7.81. The monoisotopic (exact) mass is 355 g/mol. The number of nitrogens with zero attached hydrogens (tertiary/aromatic N) is 3. The maximum atomic E-state index is 12.5. The van der Waals surface area contributed by atoms with E-state index in [0.717, 1.165) is 18.7 Å². The number of fused-ring (bicyclic) bond motifs is 2. The molecule has 2 aliphatic heterocycles. The number of aromatic nitrogens is 3. The van der Waals surface area contributed by atoms with Crippen LogP contribution in [0.1, 0.15) is 12.1 Å². The van der Waals surface area contributed by atoms with E-state index in [4.69, 9.17) is 10.5 Å². The maximum Gasteiger partial charge on any atom is 0.573 e. The van der Waals surface area contributed by atoms with Crippen LogP contribution in [0.3, 0.4) is 0 Å². The lowest BCUT2D eigenvalue weighted by atomic mass is 9.96. The lowest BCUT2D eigenvalue weighted by Crippen LogP contribution is -2.40. The molecule has 2 aromatic heterocycles. The summed E-state index contributed by atoms with van der Waals surface area (Å²) in [5, 5.41) is 7.77. The Morgan fingerprint density at radius 2 is 2.20 bits per heavy atom. The van der Waals surface area contributed by atoms with E-state index in [-0.39, 0.29) is 5.82 Å². The van der Waals surface area contributed by atoms with Crippen LogP contribution in [0.25, 0.3) is 11.3 Å². The number of rotatable bonds is 2. The Morgan fingerprint density at radius 3 is 2.92 bits per heavy atom. The number of hydrogen-bond acceptors (Lipinski definition) is 6. The van der Waals surface area contributed by atoms with E-state index in [1.807, 2.05) is 10.7 Å². The number of alkyl halides is 3. The van der Waals surface area contributed by atoms with Crippen molar-refractivity contribution in [2.24, 2.45) is 0 Å². The van der Waals surface area contributed by atoms with Crippen LogP contribution in [-0.4, -0.2) is 40.8 Å². The minimum Gasteiger partial charge on any atom is -0.402 e. The molecule has 4 rings (SSSR count). The first-order chi connectivity index (χ1) is 11.9. The molecule has 1 unspecified atom stereocenters. The molecule has 1 atom stereocenters. The number of anilines is 1. The molecule has 3 N–H and O–H groups in total. The zero-order chi connectivity index (χ0) is 17.7. The van der Waals surface area contributed by atoms with Crippen molar-refractivity contribution in [1.82, 2.24) is 20.1 Å². The molecule has 2 aromatic rings. The summed E-state index contributed by atoms with van der Waals surface area (Å²) < 4.78 is 49.2. The van der Waals surface area contributed by atoms with Gasteiger partial charge in [-0.2, -0.15) is 5.10 Å². The highest BCUT2D eigenvalue weighted by molar-refractivity contribution is 5.64.